The SMILES string of the molecule is CCNCCCC(C)OCCCN(C)C. The normalized spacial score (nSPS) is 13.4. The highest BCUT2D eigenvalue weighted by molar-refractivity contribution is 4.53. The van der Waals surface area contributed by atoms with Crippen LogP contribution in [0, 0.1) is 0 Å². The van der Waals surface area contributed by atoms with Gasteiger partial charge in [-0.05, 0) is 59.9 Å². The first-order valence-corrected chi connectivity index (χ1v) is 6.13. The van der Waals surface area contributed by atoms with Crippen molar-refractivity contribution in [3.63, 3.8) is 0 Å². The zero-order chi connectivity index (χ0) is 11.5. The van der Waals surface area contributed by atoms with Crippen molar-refractivity contribution in [2.45, 2.75) is 39.2 Å². The summed E-state index contributed by atoms with van der Waals surface area (Å²) in [7, 11) is 4.19. The Morgan fingerprint density at radius 3 is 2.60 bits per heavy atom. The lowest BCUT2D eigenvalue weighted by Gasteiger charge is -2.14. The third-order valence-electron chi connectivity index (χ3n) is 2.37. The second-order valence-electron chi connectivity index (χ2n) is 4.33. The maximum absolute atomic E-state index is 5.72. The number of hydrogen-bond acceptors (Lipinski definition) is 3. The minimum absolute atomic E-state index is 0.408. The van der Waals surface area contributed by atoms with E-state index < -0.39 is 0 Å². The molecule has 1 unspecified atom stereocenters. The molecule has 0 rings (SSSR count). The van der Waals surface area contributed by atoms with Gasteiger partial charge in [-0.2, -0.15) is 0 Å². The van der Waals surface area contributed by atoms with Gasteiger partial charge in [-0.15, -0.1) is 0 Å². The van der Waals surface area contributed by atoms with Crippen LogP contribution in [0.4, 0.5) is 0 Å². The van der Waals surface area contributed by atoms with Gasteiger partial charge in [-0.3, -0.25) is 0 Å². The summed E-state index contributed by atoms with van der Waals surface area (Å²) in [4.78, 5) is 2.19. The first kappa shape index (κ1) is 14.9. The maximum atomic E-state index is 5.72. The third-order valence-corrected chi connectivity index (χ3v) is 2.37. The Labute approximate surface area is 95.2 Å². The Balaban J connectivity index is 3.15. The van der Waals surface area contributed by atoms with Crippen LogP contribution in [0.15, 0.2) is 0 Å². The topological polar surface area (TPSA) is 24.5 Å². The maximum Gasteiger partial charge on any atom is 0.0547 e. The molecule has 0 saturated heterocycles. The quantitative estimate of drug-likeness (QED) is 0.563. The fraction of sp³-hybridized carbons (Fsp3) is 1.00. The van der Waals surface area contributed by atoms with Crippen LogP contribution in [0.2, 0.25) is 0 Å². The van der Waals surface area contributed by atoms with Gasteiger partial charge in [-0.1, -0.05) is 6.92 Å². The van der Waals surface area contributed by atoms with E-state index in [4.69, 9.17) is 4.74 Å². The highest BCUT2D eigenvalue weighted by atomic mass is 16.5. The Morgan fingerprint density at radius 2 is 2.00 bits per heavy atom. The molecule has 0 spiro atoms. The standard InChI is InChI=1S/C12H28N2O/c1-5-13-9-6-8-12(2)15-11-7-10-14(3)4/h12-13H,5-11H2,1-4H3. The predicted octanol–water partition coefficient (Wildman–Crippen LogP) is 1.73. The molecule has 0 amide bonds. The minimum Gasteiger partial charge on any atom is -0.378 e. The Bertz CT molecular complexity index is 129. The summed E-state index contributed by atoms with van der Waals surface area (Å²) < 4.78 is 5.72. The van der Waals surface area contributed by atoms with Crippen molar-refractivity contribution in [1.82, 2.24) is 10.2 Å². The highest BCUT2D eigenvalue weighted by Gasteiger charge is 2.01. The van der Waals surface area contributed by atoms with Gasteiger partial charge in [0.25, 0.3) is 0 Å². The number of nitrogens with one attached hydrogen (secondary N) is 1. The Kier molecular flexibility index (Phi) is 10.3. The molecular formula is C12H28N2O. The lowest BCUT2D eigenvalue weighted by molar-refractivity contribution is 0.0544. The summed E-state index contributed by atoms with van der Waals surface area (Å²) >= 11 is 0. The fourth-order valence-electron chi connectivity index (χ4n) is 1.44. The summed E-state index contributed by atoms with van der Waals surface area (Å²) in [6.45, 7) is 8.49. The van der Waals surface area contributed by atoms with E-state index in [0.717, 1.165) is 39.1 Å². The summed E-state index contributed by atoms with van der Waals surface area (Å²) in [5, 5.41) is 3.32. The van der Waals surface area contributed by atoms with Crippen LogP contribution < -0.4 is 5.32 Å². The molecule has 92 valence electrons. The van der Waals surface area contributed by atoms with Crippen LogP contribution in [-0.2, 0) is 4.74 Å². The number of ether oxygens (including phenoxy) is 1. The molecule has 1 atom stereocenters. The molecule has 3 nitrogen and oxygen atoms in total. The van der Waals surface area contributed by atoms with Crippen molar-refractivity contribution in [2.75, 3.05) is 40.3 Å². The molecule has 0 fully saturated rings. The van der Waals surface area contributed by atoms with Gasteiger partial charge in [0.1, 0.15) is 0 Å². The van der Waals surface area contributed by atoms with Gasteiger partial charge < -0.3 is 15.0 Å². The smallest absolute Gasteiger partial charge is 0.0547 e. The van der Waals surface area contributed by atoms with Crippen molar-refractivity contribution in [1.29, 1.82) is 0 Å². The van der Waals surface area contributed by atoms with Crippen molar-refractivity contribution < 1.29 is 4.74 Å². The monoisotopic (exact) mass is 216 g/mol. The molecule has 0 aliphatic rings. The molecular weight excluding hydrogens is 188 g/mol. The first-order chi connectivity index (χ1) is 7.16. The van der Waals surface area contributed by atoms with E-state index in [2.05, 4.69) is 38.2 Å². The van der Waals surface area contributed by atoms with Crippen LogP contribution in [0.5, 0.6) is 0 Å². The lowest BCUT2D eigenvalue weighted by Crippen LogP contribution is -2.19. The van der Waals surface area contributed by atoms with Gasteiger partial charge in [0, 0.05) is 6.61 Å². The van der Waals surface area contributed by atoms with Crippen molar-refractivity contribution >= 4 is 0 Å². The largest absolute Gasteiger partial charge is 0.378 e. The van der Waals surface area contributed by atoms with Crippen LogP contribution >= 0.6 is 0 Å². The molecule has 0 bridgehead atoms. The van der Waals surface area contributed by atoms with Crippen LogP contribution in [0.25, 0.3) is 0 Å². The van der Waals surface area contributed by atoms with Gasteiger partial charge in [0.05, 0.1) is 6.10 Å². The lowest BCUT2D eigenvalue weighted by atomic mass is 10.2. The fourth-order valence-corrected chi connectivity index (χ4v) is 1.44. The van der Waals surface area contributed by atoms with E-state index in [0.29, 0.717) is 6.10 Å². The van der Waals surface area contributed by atoms with E-state index in [1.165, 1.54) is 6.42 Å². The van der Waals surface area contributed by atoms with E-state index in [1.807, 2.05) is 0 Å². The summed E-state index contributed by atoms with van der Waals surface area (Å²) in [5.74, 6) is 0. The summed E-state index contributed by atoms with van der Waals surface area (Å²) in [6.07, 6.45) is 3.91. The molecule has 0 aliphatic heterocycles. The molecule has 0 radical (unpaired) electrons. The molecule has 3 heteroatoms. The van der Waals surface area contributed by atoms with Gasteiger partial charge in [0.2, 0.25) is 0 Å². The van der Waals surface area contributed by atoms with Crippen LogP contribution in [0.1, 0.15) is 33.1 Å². The van der Waals surface area contributed by atoms with E-state index in [-0.39, 0.29) is 0 Å². The summed E-state index contributed by atoms with van der Waals surface area (Å²) in [6, 6.07) is 0. The van der Waals surface area contributed by atoms with E-state index >= 15 is 0 Å². The third kappa shape index (κ3) is 11.8. The molecule has 1 N–H and O–H groups in total. The molecule has 0 aliphatic carbocycles. The second-order valence-corrected chi connectivity index (χ2v) is 4.33. The molecule has 0 aromatic rings. The average Bonchev–Trinajstić information content (AvgIpc) is 2.19. The van der Waals surface area contributed by atoms with Crippen LogP contribution in [0.3, 0.4) is 0 Å². The molecule has 15 heavy (non-hydrogen) atoms. The van der Waals surface area contributed by atoms with Crippen molar-refractivity contribution in [3.8, 4) is 0 Å². The second kappa shape index (κ2) is 10.4. The minimum atomic E-state index is 0.408. The van der Waals surface area contributed by atoms with Gasteiger partial charge in [-0.25, -0.2) is 0 Å². The highest BCUT2D eigenvalue weighted by Crippen LogP contribution is 2.01. The Morgan fingerprint density at radius 1 is 1.27 bits per heavy atom. The Hall–Kier alpha value is -0.120. The van der Waals surface area contributed by atoms with Crippen LogP contribution in [-0.4, -0.2) is 51.3 Å². The van der Waals surface area contributed by atoms with E-state index in [9.17, 15) is 0 Å². The van der Waals surface area contributed by atoms with Gasteiger partial charge in [0.15, 0.2) is 0 Å². The predicted molar refractivity (Wildman–Crippen MR) is 66.4 cm³/mol. The number of rotatable bonds is 10. The first-order valence-electron chi connectivity index (χ1n) is 6.13. The van der Waals surface area contributed by atoms with Crippen molar-refractivity contribution in [2.24, 2.45) is 0 Å². The van der Waals surface area contributed by atoms with Gasteiger partial charge >= 0.3 is 0 Å². The molecule has 0 heterocycles. The molecule has 0 aromatic carbocycles. The number of nitrogens with zero attached hydrogens (tertiary/aromatic N) is 1. The van der Waals surface area contributed by atoms with Crippen molar-refractivity contribution in [3.05, 3.63) is 0 Å². The number of hydrogen-bond donors (Lipinski definition) is 1. The zero-order valence-electron chi connectivity index (χ0n) is 10.9. The summed E-state index contributed by atoms with van der Waals surface area (Å²) in [5.41, 5.74) is 0. The molecule has 0 aromatic heterocycles. The molecule has 0 saturated carbocycles. The average molecular weight is 216 g/mol. The zero-order valence-corrected chi connectivity index (χ0v) is 10.9. The van der Waals surface area contributed by atoms with E-state index in [1.54, 1.807) is 0 Å².